The highest BCUT2D eigenvalue weighted by molar-refractivity contribution is 5.91. The highest BCUT2D eigenvalue weighted by Crippen LogP contribution is 2.17. The Kier molecular flexibility index (Phi) is 44.5. The van der Waals surface area contributed by atoms with Crippen LogP contribution in [0.4, 0.5) is 0 Å². The highest BCUT2D eigenvalue weighted by atomic mass is 16.6. The largest absolute Gasteiger partial charge is 0.396 e. The normalized spacial score (nSPS) is 11.7. The van der Waals surface area contributed by atoms with Crippen LogP contribution in [0.15, 0.2) is 24.3 Å². The van der Waals surface area contributed by atoms with Gasteiger partial charge in [-0.25, -0.2) is 4.79 Å². The predicted molar refractivity (Wildman–Crippen MR) is 227 cm³/mol. The van der Waals surface area contributed by atoms with E-state index < -0.39 is 5.97 Å². The summed E-state index contributed by atoms with van der Waals surface area (Å²) in [4.78, 5) is 23.8. The van der Waals surface area contributed by atoms with Gasteiger partial charge in [-0.15, -0.1) is 0 Å². The third-order valence-electron chi connectivity index (χ3n) is 10.6. The quantitative estimate of drug-likeness (QED) is 0.0223. The molecule has 0 radical (unpaired) electrons. The minimum Gasteiger partial charge on any atom is -0.396 e. The van der Waals surface area contributed by atoms with Crippen LogP contribution in [0.5, 0.6) is 0 Å². The van der Waals surface area contributed by atoms with Crippen LogP contribution in [-0.2, 0) is 14.3 Å². The Hall–Kier alpha value is -1.42. The van der Waals surface area contributed by atoms with Gasteiger partial charge in [0.1, 0.15) is 0 Å². The standard InChI is InChI=1S/C48H90O4/c1-2-3-4-5-6-7-8-26-29-32-35-38-41-44-47(50)52-48(51)45-42-39-36-33-30-27-24-22-20-18-16-14-12-10-9-11-13-15-17-19-21-23-25-28-31-34-37-40-43-46-49/h7-8,42,45,49H,2-6,9-41,43-44,46H2,1H3/b8-7-,45-42?. The molecule has 0 aliphatic heterocycles. The van der Waals surface area contributed by atoms with Gasteiger partial charge in [-0.3, -0.25) is 4.79 Å². The van der Waals surface area contributed by atoms with Gasteiger partial charge >= 0.3 is 11.9 Å². The third-order valence-corrected chi connectivity index (χ3v) is 10.6. The molecule has 4 nitrogen and oxygen atoms in total. The Bertz CT molecular complexity index is 772. The SMILES string of the molecule is CCCCCC/C=C\CCCCCCCC(=O)OC(=O)C=CCCCCCCCCCCCCCCCCCCCCCCCCCCCCCO. The maximum atomic E-state index is 11.9. The lowest BCUT2D eigenvalue weighted by atomic mass is 10.0. The van der Waals surface area contributed by atoms with Crippen LogP contribution in [0.2, 0.25) is 0 Å². The van der Waals surface area contributed by atoms with Gasteiger partial charge in [0, 0.05) is 19.1 Å². The molecule has 0 spiro atoms. The number of carbonyl (C=O) groups is 2. The van der Waals surface area contributed by atoms with Crippen LogP contribution in [0.1, 0.15) is 264 Å². The maximum Gasteiger partial charge on any atom is 0.338 e. The molecule has 0 fully saturated rings. The molecule has 0 aliphatic carbocycles. The van der Waals surface area contributed by atoms with Crippen molar-refractivity contribution in [1.82, 2.24) is 0 Å². The molecule has 1 N–H and O–H groups in total. The molecule has 52 heavy (non-hydrogen) atoms. The summed E-state index contributed by atoms with van der Waals surface area (Å²) in [6, 6.07) is 0. The van der Waals surface area contributed by atoms with Gasteiger partial charge < -0.3 is 9.84 Å². The van der Waals surface area contributed by atoms with Gasteiger partial charge in [-0.05, 0) is 51.4 Å². The first kappa shape index (κ1) is 50.6. The molecule has 0 aromatic heterocycles. The number of esters is 2. The van der Waals surface area contributed by atoms with E-state index in [4.69, 9.17) is 9.84 Å². The molecule has 0 saturated heterocycles. The lowest BCUT2D eigenvalue weighted by molar-refractivity contribution is -0.156. The fourth-order valence-corrected chi connectivity index (χ4v) is 7.16. The first-order valence-corrected chi connectivity index (χ1v) is 23.4. The number of aliphatic hydroxyl groups excluding tert-OH is 1. The van der Waals surface area contributed by atoms with Crippen molar-refractivity contribution in [2.75, 3.05) is 6.61 Å². The monoisotopic (exact) mass is 731 g/mol. The lowest BCUT2D eigenvalue weighted by Crippen LogP contribution is -2.09. The van der Waals surface area contributed by atoms with Crippen molar-refractivity contribution in [1.29, 1.82) is 0 Å². The Morgan fingerprint density at radius 2 is 0.673 bits per heavy atom. The van der Waals surface area contributed by atoms with Crippen LogP contribution >= 0.6 is 0 Å². The molecule has 0 bridgehead atoms. The summed E-state index contributed by atoms with van der Waals surface area (Å²) in [5, 5.41) is 8.81. The zero-order valence-electron chi connectivity index (χ0n) is 35.0. The van der Waals surface area contributed by atoms with Crippen LogP contribution in [0.25, 0.3) is 0 Å². The molecular formula is C48H90O4. The van der Waals surface area contributed by atoms with Gasteiger partial charge in [0.25, 0.3) is 0 Å². The highest BCUT2D eigenvalue weighted by Gasteiger charge is 2.07. The number of unbranched alkanes of at least 4 members (excludes halogenated alkanes) is 36. The van der Waals surface area contributed by atoms with Crippen LogP contribution in [-0.4, -0.2) is 23.7 Å². The van der Waals surface area contributed by atoms with Gasteiger partial charge in [0.15, 0.2) is 0 Å². The zero-order chi connectivity index (χ0) is 37.7. The van der Waals surface area contributed by atoms with E-state index >= 15 is 0 Å². The van der Waals surface area contributed by atoms with Crippen LogP contribution in [0, 0.1) is 0 Å². The van der Waals surface area contributed by atoms with Crippen molar-refractivity contribution < 1.29 is 19.4 Å². The van der Waals surface area contributed by atoms with E-state index in [0.717, 1.165) is 44.9 Å². The average Bonchev–Trinajstić information content (AvgIpc) is 3.14. The van der Waals surface area contributed by atoms with Gasteiger partial charge in [-0.2, -0.15) is 0 Å². The van der Waals surface area contributed by atoms with E-state index in [-0.39, 0.29) is 5.97 Å². The van der Waals surface area contributed by atoms with Crippen molar-refractivity contribution in [3.05, 3.63) is 24.3 Å². The summed E-state index contributed by atoms with van der Waals surface area (Å²) in [5.74, 6) is -0.898. The molecule has 0 atom stereocenters. The number of rotatable bonds is 43. The molecule has 0 rings (SSSR count). The topological polar surface area (TPSA) is 63.6 Å². The number of ether oxygens (including phenoxy) is 1. The Morgan fingerprint density at radius 3 is 1.02 bits per heavy atom. The smallest absolute Gasteiger partial charge is 0.338 e. The van der Waals surface area contributed by atoms with Crippen molar-refractivity contribution in [2.45, 2.75) is 264 Å². The molecule has 0 heterocycles. The summed E-state index contributed by atoms with van der Waals surface area (Å²) in [6.45, 7) is 2.61. The molecule has 0 saturated carbocycles. The molecule has 0 unspecified atom stereocenters. The minimum absolute atomic E-state index is 0.341. The van der Waals surface area contributed by atoms with Crippen molar-refractivity contribution >= 4 is 11.9 Å². The second-order valence-electron chi connectivity index (χ2n) is 15.9. The molecule has 0 aromatic carbocycles. The van der Waals surface area contributed by atoms with E-state index in [1.54, 1.807) is 0 Å². The maximum absolute atomic E-state index is 11.9. The van der Waals surface area contributed by atoms with E-state index in [0.29, 0.717) is 13.0 Å². The third kappa shape index (κ3) is 44.7. The van der Waals surface area contributed by atoms with Crippen molar-refractivity contribution in [3.8, 4) is 0 Å². The fraction of sp³-hybridized carbons (Fsp3) is 0.875. The Labute approximate surface area is 325 Å². The minimum atomic E-state index is -0.511. The van der Waals surface area contributed by atoms with Crippen LogP contribution in [0.3, 0.4) is 0 Å². The Balaban J connectivity index is 3.28. The van der Waals surface area contributed by atoms with Gasteiger partial charge in [0.2, 0.25) is 0 Å². The molecule has 4 heteroatoms. The van der Waals surface area contributed by atoms with E-state index in [1.807, 2.05) is 6.08 Å². The predicted octanol–water partition coefficient (Wildman–Crippen LogP) is 15.8. The molecular weight excluding hydrogens is 641 g/mol. The van der Waals surface area contributed by atoms with Gasteiger partial charge in [0.05, 0.1) is 0 Å². The van der Waals surface area contributed by atoms with E-state index in [1.165, 1.54) is 212 Å². The summed E-state index contributed by atoms with van der Waals surface area (Å²) in [7, 11) is 0. The molecule has 0 amide bonds. The van der Waals surface area contributed by atoms with Gasteiger partial charge in [-0.1, -0.05) is 224 Å². The Morgan fingerprint density at radius 1 is 0.385 bits per heavy atom. The van der Waals surface area contributed by atoms with E-state index in [9.17, 15) is 9.59 Å². The summed E-state index contributed by atoms with van der Waals surface area (Å²) in [5.41, 5.74) is 0. The zero-order valence-corrected chi connectivity index (χ0v) is 35.0. The number of aliphatic hydroxyl groups is 1. The van der Waals surface area contributed by atoms with Crippen molar-refractivity contribution in [3.63, 3.8) is 0 Å². The number of hydrogen-bond acceptors (Lipinski definition) is 4. The first-order valence-electron chi connectivity index (χ1n) is 23.4. The fourth-order valence-electron chi connectivity index (χ4n) is 7.16. The summed E-state index contributed by atoms with van der Waals surface area (Å²) < 4.78 is 4.94. The molecule has 0 aliphatic rings. The summed E-state index contributed by atoms with van der Waals surface area (Å²) in [6.07, 6.45) is 59.0. The number of allylic oxidation sites excluding steroid dienone is 3. The number of hydrogen-bond donors (Lipinski definition) is 1. The number of carbonyl (C=O) groups excluding carboxylic acids is 2. The molecule has 0 aromatic rings. The molecule has 306 valence electrons. The average molecular weight is 731 g/mol. The van der Waals surface area contributed by atoms with Crippen molar-refractivity contribution in [2.24, 2.45) is 0 Å². The second-order valence-corrected chi connectivity index (χ2v) is 15.9. The first-order chi connectivity index (χ1) is 25.7. The lowest BCUT2D eigenvalue weighted by Gasteiger charge is -2.04. The summed E-state index contributed by atoms with van der Waals surface area (Å²) >= 11 is 0. The van der Waals surface area contributed by atoms with E-state index in [2.05, 4.69) is 19.1 Å². The second kappa shape index (κ2) is 45.7. The van der Waals surface area contributed by atoms with Crippen LogP contribution < -0.4 is 0 Å².